The second-order valence-corrected chi connectivity index (χ2v) is 11.6. The topological polar surface area (TPSA) is 93.7 Å². The highest BCUT2D eigenvalue weighted by molar-refractivity contribution is 7.90. The van der Waals surface area contributed by atoms with E-state index in [1.165, 1.54) is 12.6 Å². The van der Waals surface area contributed by atoms with Gasteiger partial charge in [0.15, 0.2) is 0 Å². The number of benzene rings is 3. The van der Waals surface area contributed by atoms with Crippen molar-refractivity contribution in [3.8, 4) is 11.5 Å². The standard InChI is InChI=1S/C29H34N4O4S/c1-33(16-17-38(3,34)35)15-7-10-23-18-26-27(19-28(23)36-2)30-21-31-29(26)32-24-11-13-25(14-12-24)37-20-22-8-5-4-6-9-22/h4-6,8-9,11-14,18-19,21H,7,10,15-17,20H2,1-3H3,(H,30,31,32). The zero-order chi connectivity index (χ0) is 27.0. The number of ether oxygens (including phenoxy) is 2. The van der Waals surface area contributed by atoms with E-state index in [-0.39, 0.29) is 5.75 Å². The first-order valence-electron chi connectivity index (χ1n) is 12.5. The first kappa shape index (κ1) is 27.3. The number of sulfone groups is 1. The van der Waals surface area contributed by atoms with Crippen LogP contribution in [0.4, 0.5) is 11.5 Å². The SMILES string of the molecule is COc1cc2ncnc(Nc3ccc(OCc4ccccc4)cc3)c2cc1CCCN(C)CCS(C)(=O)=O. The molecule has 4 aromatic rings. The van der Waals surface area contributed by atoms with E-state index >= 15 is 0 Å². The summed E-state index contributed by atoms with van der Waals surface area (Å²) in [5.41, 5.74) is 3.85. The Kier molecular flexibility index (Phi) is 9.15. The number of rotatable bonds is 13. The molecule has 4 rings (SSSR count). The van der Waals surface area contributed by atoms with Crippen molar-refractivity contribution < 1.29 is 17.9 Å². The molecule has 1 heterocycles. The fraction of sp³-hybridized carbons (Fsp3) is 0.310. The monoisotopic (exact) mass is 534 g/mol. The average Bonchev–Trinajstić information content (AvgIpc) is 2.91. The summed E-state index contributed by atoms with van der Waals surface area (Å²) in [6.07, 6.45) is 4.45. The molecular formula is C29H34N4O4S. The molecule has 0 aliphatic heterocycles. The highest BCUT2D eigenvalue weighted by Gasteiger charge is 2.12. The molecule has 0 aliphatic rings. The number of anilines is 2. The molecule has 0 saturated carbocycles. The van der Waals surface area contributed by atoms with E-state index in [2.05, 4.69) is 21.4 Å². The second-order valence-electron chi connectivity index (χ2n) is 9.36. The predicted octanol–water partition coefficient (Wildman–Crippen LogP) is 4.87. The van der Waals surface area contributed by atoms with Gasteiger partial charge in [0.25, 0.3) is 0 Å². The second kappa shape index (κ2) is 12.7. The van der Waals surface area contributed by atoms with Gasteiger partial charge in [-0.1, -0.05) is 30.3 Å². The zero-order valence-electron chi connectivity index (χ0n) is 22.1. The highest BCUT2D eigenvalue weighted by atomic mass is 32.2. The third-order valence-electron chi connectivity index (χ3n) is 6.23. The van der Waals surface area contributed by atoms with Crippen molar-refractivity contribution in [3.63, 3.8) is 0 Å². The van der Waals surface area contributed by atoms with E-state index < -0.39 is 9.84 Å². The van der Waals surface area contributed by atoms with Crippen molar-refractivity contribution in [1.82, 2.24) is 14.9 Å². The van der Waals surface area contributed by atoms with Gasteiger partial charge in [-0.3, -0.25) is 0 Å². The molecule has 1 N–H and O–H groups in total. The number of aryl methyl sites for hydroxylation is 1. The maximum atomic E-state index is 11.4. The van der Waals surface area contributed by atoms with Crippen molar-refractivity contribution >= 4 is 32.2 Å². The number of fused-ring (bicyclic) bond motifs is 1. The van der Waals surface area contributed by atoms with Gasteiger partial charge >= 0.3 is 0 Å². The Labute approximate surface area is 224 Å². The molecule has 8 nitrogen and oxygen atoms in total. The molecule has 0 unspecified atom stereocenters. The normalized spacial score (nSPS) is 11.6. The van der Waals surface area contributed by atoms with Gasteiger partial charge in [0.2, 0.25) is 0 Å². The van der Waals surface area contributed by atoms with Gasteiger partial charge in [-0.25, -0.2) is 18.4 Å². The average molecular weight is 535 g/mol. The van der Waals surface area contributed by atoms with Crippen LogP contribution >= 0.6 is 0 Å². The van der Waals surface area contributed by atoms with Gasteiger partial charge in [0.1, 0.15) is 40.1 Å². The molecule has 0 fully saturated rings. The summed E-state index contributed by atoms with van der Waals surface area (Å²) in [6, 6.07) is 21.9. The summed E-state index contributed by atoms with van der Waals surface area (Å²) in [5.74, 6) is 2.44. The fourth-order valence-corrected chi connectivity index (χ4v) is 4.74. The van der Waals surface area contributed by atoms with E-state index in [1.54, 1.807) is 7.11 Å². The first-order chi connectivity index (χ1) is 18.3. The van der Waals surface area contributed by atoms with Crippen LogP contribution in [0, 0.1) is 0 Å². The molecule has 0 radical (unpaired) electrons. The lowest BCUT2D eigenvalue weighted by Gasteiger charge is -2.17. The number of hydrogen-bond acceptors (Lipinski definition) is 8. The van der Waals surface area contributed by atoms with Gasteiger partial charge in [-0.05, 0) is 67.9 Å². The van der Waals surface area contributed by atoms with E-state index in [0.717, 1.165) is 58.6 Å². The van der Waals surface area contributed by atoms with E-state index in [0.29, 0.717) is 19.0 Å². The lowest BCUT2D eigenvalue weighted by Crippen LogP contribution is -2.26. The Balaban J connectivity index is 1.43. The van der Waals surface area contributed by atoms with Gasteiger partial charge in [-0.15, -0.1) is 0 Å². The summed E-state index contributed by atoms with van der Waals surface area (Å²) < 4.78 is 34.4. The number of nitrogens with zero attached hydrogens (tertiary/aromatic N) is 3. The Bertz CT molecular complexity index is 1450. The van der Waals surface area contributed by atoms with Crippen molar-refractivity contribution in [2.45, 2.75) is 19.4 Å². The van der Waals surface area contributed by atoms with Crippen molar-refractivity contribution in [3.05, 3.63) is 84.2 Å². The van der Waals surface area contributed by atoms with Gasteiger partial charge < -0.3 is 19.7 Å². The quantitative estimate of drug-likeness (QED) is 0.260. The molecule has 0 bridgehead atoms. The minimum absolute atomic E-state index is 0.162. The Morgan fingerprint density at radius 3 is 2.45 bits per heavy atom. The van der Waals surface area contributed by atoms with Crippen molar-refractivity contribution in [2.24, 2.45) is 0 Å². The van der Waals surface area contributed by atoms with Crippen molar-refractivity contribution in [1.29, 1.82) is 0 Å². The van der Waals surface area contributed by atoms with Gasteiger partial charge in [-0.2, -0.15) is 0 Å². The zero-order valence-corrected chi connectivity index (χ0v) is 22.9. The summed E-state index contributed by atoms with van der Waals surface area (Å²) in [7, 11) is 0.630. The molecule has 3 aromatic carbocycles. The number of hydrogen-bond donors (Lipinski definition) is 1. The lowest BCUT2D eigenvalue weighted by molar-refractivity contribution is 0.306. The Hall–Kier alpha value is -3.69. The smallest absolute Gasteiger partial charge is 0.148 e. The van der Waals surface area contributed by atoms with Crippen LogP contribution in [0.5, 0.6) is 11.5 Å². The minimum atomic E-state index is -2.97. The molecule has 0 amide bonds. The Morgan fingerprint density at radius 2 is 1.74 bits per heavy atom. The molecule has 0 saturated heterocycles. The van der Waals surface area contributed by atoms with Crippen LogP contribution in [-0.4, -0.2) is 62.5 Å². The fourth-order valence-electron chi connectivity index (χ4n) is 4.10. The summed E-state index contributed by atoms with van der Waals surface area (Å²) in [6.45, 7) is 1.82. The van der Waals surface area contributed by atoms with E-state index in [1.807, 2.05) is 72.6 Å². The Morgan fingerprint density at radius 1 is 0.974 bits per heavy atom. The van der Waals surface area contributed by atoms with Gasteiger partial charge in [0, 0.05) is 29.9 Å². The van der Waals surface area contributed by atoms with Crippen LogP contribution in [0.15, 0.2) is 73.1 Å². The molecule has 0 spiro atoms. The maximum absolute atomic E-state index is 11.4. The van der Waals surface area contributed by atoms with Crippen LogP contribution in [0.1, 0.15) is 17.5 Å². The molecule has 200 valence electrons. The largest absolute Gasteiger partial charge is 0.496 e. The van der Waals surface area contributed by atoms with Crippen LogP contribution < -0.4 is 14.8 Å². The predicted molar refractivity (Wildman–Crippen MR) is 152 cm³/mol. The van der Waals surface area contributed by atoms with E-state index in [4.69, 9.17) is 9.47 Å². The van der Waals surface area contributed by atoms with Crippen molar-refractivity contribution in [2.75, 3.05) is 44.6 Å². The molecular weight excluding hydrogens is 500 g/mol. The summed E-state index contributed by atoms with van der Waals surface area (Å²) >= 11 is 0. The molecule has 1 aromatic heterocycles. The molecule has 38 heavy (non-hydrogen) atoms. The number of methoxy groups -OCH3 is 1. The maximum Gasteiger partial charge on any atom is 0.148 e. The summed E-state index contributed by atoms with van der Waals surface area (Å²) in [4.78, 5) is 11.0. The van der Waals surface area contributed by atoms with Crippen LogP contribution in [-0.2, 0) is 22.9 Å². The van der Waals surface area contributed by atoms with E-state index in [9.17, 15) is 8.42 Å². The molecule has 9 heteroatoms. The first-order valence-corrected chi connectivity index (χ1v) is 14.6. The highest BCUT2D eigenvalue weighted by Crippen LogP contribution is 2.31. The lowest BCUT2D eigenvalue weighted by atomic mass is 10.0. The third kappa shape index (κ3) is 7.90. The molecule has 0 aliphatic carbocycles. The van der Waals surface area contributed by atoms with Crippen LogP contribution in [0.25, 0.3) is 10.9 Å². The van der Waals surface area contributed by atoms with Gasteiger partial charge in [0.05, 0.1) is 18.4 Å². The number of aromatic nitrogens is 2. The third-order valence-corrected chi connectivity index (χ3v) is 7.16. The summed E-state index contributed by atoms with van der Waals surface area (Å²) in [5, 5.41) is 4.31. The minimum Gasteiger partial charge on any atom is -0.496 e. The van der Waals surface area contributed by atoms with Crippen LogP contribution in [0.3, 0.4) is 0 Å². The van der Waals surface area contributed by atoms with Crippen LogP contribution in [0.2, 0.25) is 0 Å². The molecule has 0 atom stereocenters. The number of nitrogens with one attached hydrogen (secondary N) is 1.